The van der Waals surface area contributed by atoms with Crippen molar-refractivity contribution in [3.05, 3.63) is 76.7 Å². The van der Waals surface area contributed by atoms with Crippen molar-refractivity contribution in [2.24, 2.45) is 4.99 Å². The summed E-state index contributed by atoms with van der Waals surface area (Å²) in [6.07, 6.45) is 1.81. The molecule has 138 valence electrons. The maximum absolute atomic E-state index is 12.3. The molecule has 1 aliphatic heterocycles. The summed E-state index contributed by atoms with van der Waals surface area (Å²) in [5.41, 5.74) is 1.00. The van der Waals surface area contributed by atoms with Crippen LogP contribution >= 0.6 is 11.8 Å². The Kier molecular flexibility index (Phi) is 4.58. The molecule has 6 nitrogen and oxygen atoms in total. The molecule has 0 atom stereocenters. The van der Waals surface area contributed by atoms with Gasteiger partial charge in [-0.1, -0.05) is 42.5 Å². The van der Waals surface area contributed by atoms with E-state index in [0.717, 1.165) is 16.3 Å². The summed E-state index contributed by atoms with van der Waals surface area (Å²) in [7, 11) is 0. The number of rotatable bonds is 3. The number of carboxylic acid groups (broad SMARTS) is 1. The first-order valence-corrected chi connectivity index (χ1v) is 9.16. The lowest BCUT2D eigenvalue weighted by atomic mass is 10.0. The third-order valence-corrected chi connectivity index (χ3v) is 5.11. The molecule has 0 aliphatic carbocycles. The molecule has 1 saturated heterocycles. The summed E-state index contributed by atoms with van der Waals surface area (Å²) in [6.45, 7) is 0. The van der Waals surface area contributed by atoms with Gasteiger partial charge in [0.2, 0.25) is 0 Å². The number of carbonyl (C=O) groups is 2. The Morgan fingerprint density at radius 2 is 1.86 bits per heavy atom. The number of thioether (sulfide) groups is 1. The monoisotopic (exact) mass is 390 g/mol. The Morgan fingerprint density at radius 3 is 2.68 bits per heavy atom. The largest absolute Gasteiger partial charge is 0.507 e. The van der Waals surface area contributed by atoms with Gasteiger partial charge in [-0.2, -0.15) is 0 Å². The number of amidine groups is 1. The molecule has 0 spiro atoms. The van der Waals surface area contributed by atoms with Crippen LogP contribution in [0, 0.1) is 0 Å². The fourth-order valence-corrected chi connectivity index (χ4v) is 3.71. The number of aromatic hydroxyl groups is 1. The molecule has 7 heteroatoms. The summed E-state index contributed by atoms with van der Waals surface area (Å²) in [6, 6.07) is 17.8. The molecule has 1 amide bonds. The second kappa shape index (κ2) is 7.21. The van der Waals surface area contributed by atoms with Crippen LogP contribution in [-0.4, -0.2) is 27.3 Å². The van der Waals surface area contributed by atoms with Crippen molar-refractivity contribution in [1.82, 2.24) is 5.32 Å². The van der Waals surface area contributed by atoms with Crippen molar-refractivity contribution in [2.75, 3.05) is 0 Å². The second-order valence-electron chi connectivity index (χ2n) is 6.06. The van der Waals surface area contributed by atoms with Gasteiger partial charge < -0.3 is 15.5 Å². The van der Waals surface area contributed by atoms with E-state index in [4.69, 9.17) is 5.11 Å². The molecule has 0 bridgehead atoms. The zero-order valence-electron chi connectivity index (χ0n) is 14.4. The van der Waals surface area contributed by atoms with Gasteiger partial charge in [-0.25, -0.2) is 9.79 Å². The van der Waals surface area contributed by atoms with Crippen molar-refractivity contribution in [1.29, 1.82) is 0 Å². The highest BCUT2D eigenvalue weighted by Crippen LogP contribution is 2.31. The predicted octanol–water partition coefficient (Wildman–Crippen LogP) is 4.14. The average molecular weight is 390 g/mol. The molecule has 3 aromatic rings. The van der Waals surface area contributed by atoms with Crippen LogP contribution in [0.3, 0.4) is 0 Å². The van der Waals surface area contributed by atoms with E-state index in [-0.39, 0.29) is 17.2 Å². The number of hydrogen-bond donors (Lipinski definition) is 3. The summed E-state index contributed by atoms with van der Waals surface area (Å²) in [4.78, 5) is 28.2. The number of aromatic carboxylic acids is 1. The zero-order chi connectivity index (χ0) is 19.7. The summed E-state index contributed by atoms with van der Waals surface area (Å²) < 4.78 is 0. The topological polar surface area (TPSA) is 99.0 Å². The molecule has 3 N–H and O–H groups in total. The van der Waals surface area contributed by atoms with E-state index < -0.39 is 5.97 Å². The molecular weight excluding hydrogens is 376 g/mol. The number of nitrogens with zero attached hydrogens (tertiary/aromatic N) is 1. The summed E-state index contributed by atoms with van der Waals surface area (Å²) >= 11 is 1.18. The van der Waals surface area contributed by atoms with Gasteiger partial charge in [0.1, 0.15) is 11.3 Å². The first kappa shape index (κ1) is 17.8. The smallest absolute Gasteiger partial charge is 0.339 e. The quantitative estimate of drug-likeness (QED) is 0.584. The molecule has 0 radical (unpaired) electrons. The minimum absolute atomic E-state index is 0.248. The predicted molar refractivity (Wildman–Crippen MR) is 110 cm³/mol. The van der Waals surface area contributed by atoms with E-state index in [1.54, 1.807) is 0 Å². The lowest BCUT2D eigenvalue weighted by Gasteiger charge is -2.02. The van der Waals surface area contributed by atoms with Crippen LogP contribution in [0.4, 0.5) is 5.69 Å². The van der Waals surface area contributed by atoms with Crippen molar-refractivity contribution in [3.8, 4) is 5.75 Å². The number of fused-ring (bicyclic) bond motifs is 1. The Morgan fingerprint density at radius 1 is 1.07 bits per heavy atom. The van der Waals surface area contributed by atoms with Gasteiger partial charge >= 0.3 is 5.97 Å². The van der Waals surface area contributed by atoms with Crippen molar-refractivity contribution < 1.29 is 19.8 Å². The fraction of sp³-hybridized carbons (Fsp3) is 0. The standard InChI is InChI=1S/C21H14N2O4S/c24-17-9-8-14(11-16(17)20(26)27)22-21-23-19(25)18(28-21)10-13-6-3-5-12-4-1-2-7-15(12)13/h1-11,24H,(H,26,27)(H,22,23,25)/b18-10-. The number of aliphatic imine (C=N–C) groups is 1. The van der Waals surface area contributed by atoms with Gasteiger partial charge in [-0.3, -0.25) is 4.79 Å². The third-order valence-electron chi connectivity index (χ3n) is 4.20. The van der Waals surface area contributed by atoms with Crippen LogP contribution in [0.5, 0.6) is 5.75 Å². The Labute approximate surface area is 164 Å². The first-order valence-electron chi connectivity index (χ1n) is 8.35. The minimum Gasteiger partial charge on any atom is -0.507 e. The minimum atomic E-state index is -1.25. The Bertz CT molecular complexity index is 1180. The fourth-order valence-electron chi connectivity index (χ4n) is 2.88. The normalized spacial score (nSPS) is 16.6. The van der Waals surface area contributed by atoms with E-state index in [0.29, 0.717) is 15.8 Å². The number of phenols is 1. The zero-order valence-corrected chi connectivity index (χ0v) is 15.2. The van der Waals surface area contributed by atoms with Crippen LogP contribution in [-0.2, 0) is 4.79 Å². The van der Waals surface area contributed by atoms with Gasteiger partial charge in [0, 0.05) is 0 Å². The molecule has 1 fully saturated rings. The summed E-state index contributed by atoms with van der Waals surface area (Å²) in [5.74, 6) is -1.86. The number of hydrogen-bond acceptors (Lipinski definition) is 5. The van der Waals surface area contributed by atoms with E-state index in [1.807, 2.05) is 48.5 Å². The van der Waals surface area contributed by atoms with Crippen molar-refractivity contribution in [3.63, 3.8) is 0 Å². The molecule has 28 heavy (non-hydrogen) atoms. The maximum Gasteiger partial charge on any atom is 0.339 e. The number of amides is 1. The van der Waals surface area contributed by atoms with Crippen molar-refractivity contribution >= 4 is 51.3 Å². The third kappa shape index (κ3) is 3.47. The van der Waals surface area contributed by atoms with Gasteiger partial charge in [-0.05, 0) is 52.4 Å². The van der Waals surface area contributed by atoms with Gasteiger partial charge in [0.25, 0.3) is 5.91 Å². The molecule has 0 saturated carbocycles. The van der Waals surface area contributed by atoms with E-state index >= 15 is 0 Å². The summed E-state index contributed by atoms with van der Waals surface area (Å²) in [5, 5.41) is 23.8. The van der Waals surface area contributed by atoms with E-state index in [9.17, 15) is 14.7 Å². The molecular formula is C21H14N2O4S. The molecule has 1 aliphatic rings. The number of carboxylic acids is 1. The molecule has 4 rings (SSSR count). The molecule has 0 unspecified atom stereocenters. The van der Waals surface area contributed by atoms with Gasteiger partial charge in [-0.15, -0.1) is 0 Å². The molecule has 1 heterocycles. The second-order valence-corrected chi connectivity index (χ2v) is 7.09. The van der Waals surface area contributed by atoms with E-state index in [1.165, 1.54) is 30.0 Å². The SMILES string of the molecule is O=C1NC(=Nc2ccc(O)c(C(=O)O)c2)S/C1=C\c1cccc2ccccc12. The highest BCUT2D eigenvalue weighted by molar-refractivity contribution is 8.18. The van der Waals surface area contributed by atoms with Crippen molar-refractivity contribution in [2.45, 2.75) is 0 Å². The van der Waals surface area contributed by atoms with Crippen LogP contribution in [0.1, 0.15) is 15.9 Å². The highest BCUT2D eigenvalue weighted by Gasteiger charge is 2.24. The number of carbonyl (C=O) groups excluding carboxylic acids is 1. The lowest BCUT2D eigenvalue weighted by Crippen LogP contribution is -2.19. The molecule has 3 aromatic carbocycles. The van der Waals surface area contributed by atoms with Crippen LogP contribution in [0.2, 0.25) is 0 Å². The maximum atomic E-state index is 12.3. The van der Waals surface area contributed by atoms with Crippen LogP contribution in [0.15, 0.2) is 70.6 Å². The molecule has 0 aromatic heterocycles. The Hall–Kier alpha value is -3.58. The van der Waals surface area contributed by atoms with Crippen LogP contribution < -0.4 is 5.32 Å². The average Bonchev–Trinajstić information content (AvgIpc) is 3.02. The highest BCUT2D eigenvalue weighted by atomic mass is 32.2. The lowest BCUT2D eigenvalue weighted by molar-refractivity contribution is -0.115. The number of nitrogens with one attached hydrogen (secondary N) is 1. The first-order chi connectivity index (χ1) is 13.5. The number of benzene rings is 3. The Balaban J connectivity index is 1.66. The van der Waals surface area contributed by atoms with Gasteiger partial charge in [0.05, 0.1) is 10.6 Å². The van der Waals surface area contributed by atoms with Crippen LogP contribution in [0.25, 0.3) is 16.8 Å². The van der Waals surface area contributed by atoms with Gasteiger partial charge in [0.15, 0.2) is 5.17 Å². The van der Waals surface area contributed by atoms with E-state index in [2.05, 4.69) is 10.3 Å².